The Kier molecular flexibility index (Phi) is 9.34. The van der Waals surface area contributed by atoms with Crippen LogP contribution in [0.4, 0.5) is 0 Å². The van der Waals surface area contributed by atoms with Gasteiger partial charge in [0.15, 0.2) is 5.78 Å². The van der Waals surface area contributed by atoms with Gasteiger partial charge in [0, 0.05) is 6.92 Å². The number of hydrogen-bond acceptors (Lipinski definition) is 4. The predicted octanol–water partition coefficient (Wildman–Crippen LogP) is 0.526. The van der Waals surface area contributed by atoms with Crippen molar-refractivity contribution in [2.45, 2.75) is 33.8 Å². The van der Waals surface area contributed by atoms with E-state index in [2.05, 4.69) is 4.74 Å². The molecule has 1 N–H and O–H groups in total. The molecule has 0 aromatic rings. The van der Waals surface area contributed by atoms with Crippen LogP contribution < -0.4 is 0 Å². The molecule has 0 aromatic heterocycles. The number of esters is 1. The van der Waals surface area contributed by atoms with E-state index in [1.165, 1.54) is 20.8 Å². The zero-order chi connectivity index (χ0) is 10.1. The number of aliphatic hydroxyl groups excluding tert-OH is 1. The van der Waals surface area contributed by atoms with Gasteiger partial charge in [0.25, 0.3) is 0 Å². The molecule has 0 bridgehead atoms. The van der Waals surface area contributed by atoms with Crippen LogP contribution in [0.15, 0.2) is 0 Å². The molecular formula is C8H16O4. The molecule has 0 amide bonds. The summed E-state index contributed by atoms with van der Waals surface area (Å²) in [5, 5.41) is 8.28. The van der Waals surface area contributed by atoms with Crippen LogP contribution in [0, 0.1) is 0 Å². The van der Waals surface area contributed by atoms with Crippen LogP contribution in [-0.2, 0) is 14.3 Å². The molecule has 72 valence electrons. The van der Waals surface area contributed by atoms with Crippen molar-refractivity contribution in [3.05, 3.63) is 0 Å². The summed E-state index contributed by atoms with van der Waals surface area (Å²) in [5.41, 5.74) is 0. The second kappa shape index (κ2) is 8.20. The lowest BCUT2D eigenvalue weighted by Crippen LogP contribution is -2.10. The topological polar surface area (TPSA) is 63.6 Å². The molecule has 0 saturated carbocycles. The number of aliphatic hydroxyl groups is 1. The van der Waals surface area contributed by atoms with Gasteiger partial charge in [-0.25, -0.2) is 0 Å². The summed E-state index contributed by atoms with van der Waals surface area (Å²) in [4.78, 5) is 19.7. The van der Waals surface area contributed by atoms with Crippen molar-refractivity contribution in [3.8, 4) is 0 Å². The third-order valence-electron chi connectivity index (χ3n) is 0.936. The van der Waals surface area contributed by atoms with Gasteiger partial charge in [0.1, 0.15) is 6.10 Å². The maximum atomic E-state index is 9.89. The van der Waals surface area contributed by atoms with Gasteiger partial charge in [-0.05, 0) is 20.8 Å². The van der Waals surface area contributed by atoms with Crippen molar-refractivity contribution in [2.24, 2.45) is 0 Å². The third-order valence-corrected chi connectivity index (χ3v) is 0.936. The summed E-state index contributed by atoms with van der Waals surface area (Å²) in [6.45, 7) is 6.45. The van der Waals surface area contributed by atoms with Crippen molar-refractivity contribution in [1.82, 2.24) is 0 Å². The molecule has 0 heterocycles. The molecule has 0 aliphatic heterocycles. The average Bonchev–Trinajstić information content (AvgIpc) is 1.87. The predicted molar refractivity (Wildman–Crippen MR) is 44.7 cm³/mol. The molecule has 0 rings (SSSR count). The molecular weight excluding hydrogens is 160 g/mol. The average molecular weight is 176 g/mol. The molecule has 0 aliphatic rings. The molecule has 4 heteroatoms. The summed E-state index contributed by atoms with van der Waals surface area (Å²) in [6.07, 6.45) is -0.787. The first-order valence-corrected chi connectivity index (χ1v) is 3.73. The first kappa shape index (κ1) is 13.7. The minimum atomic E-state index is -0.787. The van der Waals surface area contributed by atoms with E-state index in [9.17, 15) is 9.59 Å². The van der Waals surface area contributed by atoms with E-state index in [-0.39, 0.29) is 11.8 Å². The van der Waals surface area contributed by atoms with Crippen molar-refractivity contribution < 1.29 is 19.4 Å². The minimum Gasteiger partial charge on any atom is -0.466 e. The van der Waals surface area contributed by atoms with Crippen LogP contribution in [0.1, 0.15) is 27.7 Å². The summed E-state index contributed by atoms with van der Waals surface area (Å²) < 4.78 is 4.40. The fourth-order valence-corrected chi connectivity index (χ4v) is 0.203. The quantitative estimate of drug-likeness (QED) is 0.623. The molecule has 0 fully saturated rings. The van der Waals surface area contributed by atoms with E-state index >= 15 is 0 Å². The number of carbonyl (C=O) groups excluding carboxylic acids is 2. The van der Waals surface area contributed by atoms with Gasteiger partial charge >= 0.3 is 5.97 Å². The standard InChI is InChI=1S/2C4H8O2/c1-3-6-4(2)5;1-3(5)4(2)6/h3H2,1-2H3;3,5H,1-2H3. The molecule has 0 radical (unpaired) electrons. The maximum Gasteiger partial charge on any atom is 0.302 e. The molecule has 0 saturated heterocycles. The van der Waals surface area contributed by atoms with E-state index < -0.39 is 6.10 Å². The Morgan fingerprint density at radius 1 is 1.42 bits per heavy atom. The Labute approximate surface area is 72.5 Å². The van der Waals surface area contributed by atoms with Gasteiger partial charge in [-0.3, -0.25) is 9.59 Å². The smallest absolute Gasteiger partial charge is 0.302 e. The lowest BCUT2D eigenvalue weighted by Gasteiger charge is -1.90. The lowest BCUT2D eigenvalue weighted by molar-refractivity contribution is -0.140. The molecule has 0 spiro atoms. The van der Waals surface area contributed by atoms with E-state index in [0.29, 0.717) is 6.61 Å². The normalized spacial score (nSPS) is 10.8. The zero-order valence-corrected chi connectivity index (χ0v) is 7.96. The lowest BCUT2D eigenvalue weighted by atomic mass is 10.3. The molecule has 12 heavy (non-hydrogen) atoms. The molecule has 4 nitrogen and oxygen atoms in total. The van der Waals surface area contributed by atoms with Gasteiger partial charge < -0.3 is 9.84 Å². The second-order valence-electron chi connectivity index (χ2n) is 2.21. The van der Waals surface area contributed by atoms with E-state index in [1.807, 2.05) is 0 Å². The van der Waals surface area contributed by atoms with Gasteiger partial charge in [0.05, 0.1) is 6.61 Å². The highest BCUT2D eigenvalue weighted by Gasteiger charge is 1.97. The SMILES string of the molecule is CC(=O)C(C)O.CCOC(C)=O. The van der Waals surface area contributed by atoms with Gasteiger partial charge in [-0.2, -0.15) is 0 Å². The summed E-state index contributed by atoms with van der Waals surface area (Å²) in [7, 11) is 0. The summed E-state index contributed by atoms with van der Waals surface area (Å²) in [6, 6.07) is 0. The molecule has 1 atom stereocenters. The van der Waals surface area contributed by atoms with Crippen LogP contribution in [0.5, 0.6) is 0 Å². The highest BCUT2D eigenvalue weighted by atomic mass is 16.5. The Morgan fingerprint density at radius 3 is 1.75 bits per heavy atom. The first-order chi connectivity index (χ1) is 5.41. The molecule has 1 unspecified atom stereocenters. The minimum absolute atomic E-state index is 0.185. The van der Waals surface area contributed by atoms with Crippen molar-refractivity contribution in [1.29, 1.82) is 0 Å². The number of ether oxygens (including phenoxy) is 1. The Balaban J connectivity index is 0. The summed E-state index contributed by atoms with van der Waals surface area (Å²) >= 11 is 0. The van der Waals surface area contributed by atoms with Crippen LogP contribution >= 0.6 is 0 Å². The number of rotatable bonds is 2. The van der Waals surface area contributed by atoms with Gasteiger partial charge in [-0.1, -0.05) is 0 Å². The molecule has 0 aliphatic carbocycles. The van der Waals surface area contributed by atoms with Crippen molar-refractivity contribution >= 4 is 11.8 Å². The van der Waals surface area contributed by atoms with Crippen LogP contribution in [0.2, 0.25) is 0 Å². The van der Waals surface area contributed by atoms with Gasteiger partial charge in [-0.15, -0.1) is 0 Å². The number of carbonyl (C=O) groups is 2. The fraction of sp³-hybridized carbons (Fsp3) is 0.750. The molecule has 0 aromatic carbocycles. The first-order valence-electron chi connectivity index (χ1n) is 3.73. The largest absolute Gasteiger partial charge is 0.466 e. The Hall–Kier alpha value is -0.900. The van der Waals surface area contributed by atoms with Crippen LogP contribution in [0.3, 0.4) is 0 Å². The number of ketones is 1. The Morgan fingerprint density at radius 2 is 1.75 bits per heavy atom. The number of hydrogen-bond donors (Lipinski definition) is 1. The Bertz CT molecular complexity index is 140. The van der Waals surface area contributed by atoms with E-state index in [4.69, 9.17) is 5.11 Å². The maximum absolute atomic E-state index is 9.89. The van der Waals surface area contributed by atoms with E-state index in [0.717, 1.165) is 0 Å². The number of Topliss-reactive ketones (excluding diaryl/α,β-unsaturated/α-hetero) is 1. The van der Waals surface area contributed by atoms with Crippen molar-refractivity contribution in [3.63, 3.8) is 0 Å². The summed E-state index contributed by atoms with van der Waals surface area (Å²) in [5.74, 6) is -0.396. The highest BCUT2D eigenvalue weighted by Crippen LogP contribution is 1.76. The highest BCUT2D eigenvalue weighted by molar-refractivity contribution is 5.79. The van der Waals surface area contributed by atoms with Crippen LogP contribution in [-0.4, -0.2) is 29.6 Å². The van der Waals surface area contributed by atoms with E-state index in [1.54, 1.807) is 6.92 Å². The zero-order valence-electron chi connectivity index (χ0n) is 7.96. The van der Waals surface area contributed by atoms with Crippen LogP contribution in [0.25, 0.3) is 0 Å². The van der Waals surface area contributed by atoms with Crippen molar-refractivity contribution in [2.75, 3.05) is 6.61 Å². The third kappa shape index (κ3) is 16.0. The monoisotopic (exact) mass is 176 g/mol. The van der Waals surface area contributed by atoms with Gasteiger partial charge in [0.2, 0.25) is 0 Å². The second-order valence-corrected chi connectivity index (χ2v) is 2.21. The fourth-order valence-electron chi connectivity index (χ4n) is 0.203.